The molecule has 0 unspecified atom stereocenters. The highest BCUT2D eigenvalue weighted by atomic mass is 16.6. The lowest BCUT2D eigenvalue weighted by molar-refractivity contribution is -0.171. The summed E-state index contributed by atoms with van der Waals surface area (Å²) in [6.07, 6.45) is 2.44. The monoisotopic (exact) mass is 422 g/mol. The highest BCUT2D eigenvalue weighted by Gasteiger charge is 2.50. The first-order valence-corrected chi connectivity index (χ1v) is 11.2. The summed E-state index contributed by atoms with van der Waals surface area (Å²) in [5, 5.41) is 0. The Balaban J connectivity index is 2.39. The maximum absolute atomic E-state index is 13.5. The highest BCUT2D eigenvalue weighted by molar-refractivity contribution is 6.03. The maximum Gasteiger partial charge on any atom is 0.328 e. The summed E-state index contributed by atoms with van der Waals surface area (Å²) < 4.78 is 11.4. The van der Waals surface area contributed by atoms with Crippen LogP contribution in [0.5, 0.6) is 0 Å². The predicted molar refractivity (Wildman–Crippen MR) is 123 cm³/mol. The van der Waals surface area contributed by atoms with Gasteiger partial charge in [0.2, 0.25) is 0 Å². The van der Waals surface area contributed by atoms with Gasteiger partial charge in [0.1, 0.15) is 13.2 Å². The van der Waals surface area contributed by atoms with Gasteiger partial charge in [0.25, 0.3) is 0 Å². The number of hydrogen-bond acceptors (Lipinski definition) is 4. The van der Waals surface area contributed by atoms with Gasteiger partial charge in [-0.3, -0.25) is 9.59 Å². The van der Waals surface area contributed by atoms with E-state index in [1.807, 2.05) is 74.5 Å². The molecule has 0 heterocycles. The molecular weight excluding hydrogens is 388 g/mol. The van der Waals surface area contributed by atoms with Crippen molar-refractivity contribution in [3.05, 3.63) is 82.9 Å². The minimum absolute atomic E-state index is 0.123. The number of benzene rings is 2. The minimum Gasteiger partial charge on any atom is -0.460 e. The molecule has 4 nitrogen and oxygen atoms in total. The van der Waals surface area contributed by atoms with Gasteiger partial charge in [-0.05, 0) is 42.4 Å². The van der Waals surface area contributed by atoms with Crippen LogP contribution in [0.4, 0.5) is 0 Å². The molecule has 0 N–H and O–H groups in total. The number of allylic oxidation sites excluding steroid dienone is 1. The molecule has 2 rings (SSSR count). The molecule has 0 amide bonds. The van der Waals surface area contributed by atoms with Gasteiger partial charge >= 0.3 is 11.9 Å². The zero-order valence-corrected chi connectivity index (χ0v) is 19.1. The summed E-state index contributed by atoms with van der Waals surface area (Å²) >= 11 is 0. The van der Waals surface area contributed by atoms with Gasteiger partial charge in [0, 0.05) is 0 Å². The summed E-state index contributed by atoms with van der Waals surface area (Å²) in [7, 11) is 0. The number of carbonyl (C=O) groups excluding carboxylic acids is 2. The Hall–Kier alpha value is -2.88. The Kier molecular flexibility index (Phi) is 9.51. The zero-order chi connectivity index (χ0) is 22.7. The van der Waals surface area contributed by atoms with Crippen LogP contribution in [-0.4, -0.2) is 11.9 Å². The molecule has 0 aromatic heterocycles. The van der Waals surface area contributed by atoms with Gasteiger partial charge in [-0.1, -0.05) is 93.9 Å². The first-order valence-electron chi connectivity index (χ1n) is 11.2. The van der Waals surface area contributed by atoms with Crippen molar-refractivity contribution in [3.63, 3.8) is 0 Å². The van der Waals surface area contributed by atoms with E-state index < -0.39 is 17.4 Å². The first-order chi connectivity index (χ1) is 15.0. The van der Waals surface area contributed by atoms with Crippen LogP contribution in [0.15, 0.2) is 71.8 Å². The van der Waals surface area contributed by atoms with E-state index >= 15 is 0 Å². The molecule has 0 radical (unpaired) electrons. The lowest BCUT2D eigenvalue weighted by atomic mass is 9.73. The molecule has 2 aromatic rings. The van der Waals surface area contributed by atoms with Gasteiger partial charge in [-0.2, -0.15) is 0 Å². The van der Waals surface area contributed by atoms with E-state index in [4.69, 9.17) is 9.47 Å². The van der Waals surface area contributed by atoms with Crippen LogP contribution in [0.2, 0.25) is 0 Å². The average Bonchev–Trinajstić information content (AvgIpc) is 2.82. The summed E-state index contributed by atoms with van der Waals surface area (Å²) in [5.74, 6) is -1.07. The van der Waals surface area contributed by atoms with Gasteiger partial charge in [0.15, 0.2) is 5.41 Å². The Labute approximate surface area is 186 Å². The average molecular weight is 423 g/mol. The SMILES string of the molecule is CCC(CC)=C(CC)C(CC)(C(=O)OCc1ccccc1)C(=O)OCc1ccccc1. The van der Waals surface area contributed by atoms with Crippen LogP contribution in [-0.2, 0) is 32.3 Å². The van der Waals surface area contributed by atoms with Crippen LogP contribution in [0.25, 0.3) is 0 Å². The number of rotatable bonds is 11. The van der Waals surface area contributed by atoms with Gasteiger partial charge in [-0.25, -0.2) is 0 Å². The molecule has 2 aromatic carbocycles. The Morgan fingerprint density at radius 3 is 1.42 bits per heavy atom. The second-order valence-corrected chi connectivity index (χ2v) is 7.53. The summed E-state index contributed by atoms with van der Waals surface area (Å²) in [6, 6.07) is 19.0. The van der Waals surface area contributed by atoms with E-state index in [2.05, 4.69) is 13.8 Å². The fourth-order valence-electron chi connectivity index (χ4n) is 4.05. The fourth-order valence-corrected chi connectivity index (χ4v) is 4.05. The van der Waals surface area contributed by atoms with Gasteiger partial charge < -0.3 is 9.47 Å². The van der Waals surface area contributed by atoms with Crippen LogP contribution in [0, 0.1) is 5.41 Å². The van der Waals surface area contributed by atoms with E-state index in [0.29, 0.717) is 12.8 Å². The third-order valence-electron chi connectivity index (χ3n) is 5.80. The highest BCUT2D eigenvalue weighted by Crippen LogP contribution is 2.40. The lowest BCUT2D eigenvalue weighted by Gasteiger charge is -2.32. The number of carbonyl (C=O) groups is 2. The van der Waals surface area contributed by atoms with Crippen molar-refractivity contribution in [1.29, 1.82) is 0 Å². The van der Waals surface area contributed by atoms with Crippen LogP contribution < -0.4 is 0 Å². The number of esters is 2. The van der Waals surface area contributed by atoms with E-state index in [-0.39, 0.29) is 13.2 Å². The minimum atomic E-state index is -1.43. The second kappa shape index (κ2) is 12.1. The molecule has 0 atom stereocenters. The molecule has 0 aliphatic carbocycles. The topological polar surface area (TPSA) is 52.6 Å². The van der Waals surface area contributed by atoms with E-state index in [0.717, 1.165) is 35.1 Å². The largest absolute Gasteiger partial charge is 0.460 e. The number of ether oxygens (including phenoxy) is 2. The smallest absolute Gasteiger partial charge is 0.328 e. The fraction of sp³-hybridized carbons (Fsp3) is 0.407. The van der Waals surface area contributed by atoms with Crippen molar-refractivity contribution < 1.29 is 19.1 Å². The van der Waals surface area contributed by atoms with Gasteiger partial charge in [0.05, 0.1) is 0 Å². The molecular formula is C27H34O4. The van der Waals surface area contributed by atoms with Crippen LogP contribution in [0.3, 0.4) is 0 Å². The molecule has 166 valence electrons. The zero-order valence-electron chi connectivity index (χ0n) is 19.1. The normalized spacial score (nSPS) is 11.0. The predicted octanol–water partition coefficient (Wildman–Crippen LogP) is 6.40. The van der Waals surface area contributed by atoms with Crippen molar-refractivity contribution in [1.82, 2.24) is 0 Å². The molecule has 0 bridgehead atoms. The third kappa shape index (κ3) is 5.84. The van der Waals surface area contributed by atoms with Gasteiger partial charge in [-0.15, -0.1) is 0 Å². The molecule has 0 saturated carbocycles. The van der Waals surface area contributed by atoms with Crippen LogP contribution >= 0.6 is 0 Å². The first kappa shape index (κ1) is 24.4. The standard InChI is InChI=1S/C27H34O4/c1-5-23(6-2)24(7-3)27(8-4,25(28)30-19-21-15-11-9-12-16-21)26(29)31-20-22-17-13-10-14-18-22/h9-18H,5-8,19-20H2,1-4H3. The molecule has 4 heteroatoms. The molecule has 31 heavy (non-hydrogen) atoms. The van der Waals surface area contributed by atoms with E-state index in [1.165, 1.54) is 0 Å². The Morgan fingerprint density at radius 1 is 0.677 bits per heavy atom. The molecule has 0 fully saturated rings. The Bertz CT molecular complexity index is 807. The molecule has 0 aliphatic rings. The van der Waals surface area contributed by atoms with Crippen LogP contribution in [0.1, 0.15) is 64.5 Å². The molecule has 0 aliphatic heterocycles. The summed E-state index contributed by atoms with van der Waals surface area (Å²) in [5.41, 5.74) is 2.27. The van der Waals surface area contributed by atoms with Crippen molar-refractivity contribution in [2.24, 2.45) is 5.41 Å². The van der Waals surface area contributed by atoms with Crippen molar-refractivity contribution >= 4 is 11.9 Å². The molecule has 0 saturated heterocycles. The summed E-state index contributed by atoms with van der Waals surface area (Å²) in [6.45, 7) is 8.20. The molecule has 0 spiro atoms. The van der Waals surface area contributed by atoms with E-state index in [1.54, 1.807) is 0 Å². The Morgan fingerprint density at radius 2 is 1.10 bits per heavy atom. The summed E-state index contributed by atoms with van der Waals surface area (Å²) in [4.78, 5) is 27.0. The third-order valence-corrected chi connectivity index (χ3v) is 5.80. The van der Waals surface area contributed by atoms with Crippen molar-refractivity contribution in [2.75, 3.05) is 0 Å². The second-order valence-electron chi connectivity index (χ2n) is 7.53. The van der Waals surface area contributed by atoms with Crippen molar-refractivity contribution in [2.45, 2.75) is 66.6 Å². The maximum atomic E-state index is 13.5. The van der Waals surface area contributed by atoms with E-state index in [9.17, 15) is 9.59 Å². The van der Waals surface area contributed by atoms with Crippen molar-refractivity contribution in [3.8, 4) is 0 Å². The quantitative estimate of drug-likeness (QED) is 0.239. The lowest BCUT2D eigenvalue weighted by Crippen LogP contribution is -2.43. The number of hydrogen-bond donors (Lipinski definition) is 0.